The van der Waals surface area contributed by atoms with E-state index in [-0.39, 0.29) is 35.2 Å². The van der Waals surface area contributed by atoms with E-state index in [9.17, 15) is 18.0 Å². The van der Waals surface area contributed by atoms with Gasteiger partial charge in [-0.2, -0.15) is 0 Å². The Kier molecular flexibility index (Phi) is 12.2. The summed E-state index contributed by atoms with van der Waals surface area (Å²) in [5.74, 6) is -1.20. The Morgan fingerprint density at radius 3 is 2.23 bits per heavy atom. The molecule has 0 unspecified atom stereocenters. The van der Waals surface area contributed by atoms with Crippen molar-refractivity contribution in [3.8, 4) is 5.75 Å². The van der Waals surface area contributed by atoms with Gasteiger partial charge in [-0.05, 0) is 78.2 Å². The summed E-state index contributed by atoms with van der Waals surface area (Å²) in [7, 11) is -2.85. The molecule has 4 aromatic carbocycles. The zero-order valence-electron chi connectivity index (χ0n) is 26.8. The number of rotatable bonds is 14. The van der Waals surface area contributed by atoms with E-state index >= 15 is 4.39 Å². The van der Waals surface area contributed by atoms with Crippen LogP contribution in [0.1, 0.15) is 37.0 Å². The first kappa shape index (κ1) is 35.6. The van der Waals surface area contributed by atoms with E-state index in [1.807, 2.05) is 51.1 Å². The monoisotopic (exact) mass is 723 g/mol. The first-order valence-corrected chi connectivity index (χ1v) is 17.5. The molecule has 0 radical (unpaired) electrons. The molecule has 2 atom stereocenters. The zero-order valence-corrected chi connectivity index (χ0v) is 29.2. The lowest BCUT2D eigenvalue weighted by Crippen LogP contribution is -2.54. The number of aryl methyl sites for hydroxylation is 1. The Balaban J connectivity index is 1.83. The summed E-state index contributed by atoms with van der Waals surface area (Å²) in [6, 6.07) is 25.1. The Bertz CT molecular complexity index is 1790. The summed E-state index contributed by atoms with van der Waals surface area (Å²) in [4.78, 5) is 29.6. The number of nitrogens with one attached hydrogen (secondary N) is 1. The smallest absolute Gasteiger partial charge is 0.264 e. The SMILES string of the molecule is CC[C@@H](C)NC(=O)[C@@H](Cc1ccccc1)N(Cc1ccccc1F)C(=O)CN(c1ccc(C)cc1)S(=O)(=O)c1ccc(OC)c(Br)c1. The van der Waals surface area contributed by atoms with Crippen LogP contribution >= 0.6 is 15.9 Å². The van der Waals surface area contributed by atoms with Gasteiger partial charge in [-0.1, -0.05) is 73.2 Å². The van der Waals surface area contributed by atoms with E-state index in [4.69, 9.17) is 4.74 Å². The van der Waals surface area contributed by atoms with E-state index in [2.05, 4.69) is 21.2 Å². The number of benzene rings is 4. The number of ether oxygens (including phenoxy) is 1. The quantitative estimate of drug-likeness (QED) is 0.157. The van der Waals surface area contributed by atoms with E-state index in [0.717, 1.165) is 15.4 Å². The van der Waals surface area contributed by atoms with Crippen molar-refractivity contribution < 1.29 is 27.1 Å². The van der Waals surface area contributed by atoms with Crippen molar-refractivity contribution in [2.45, 2.75) is 57.1 Å². The number of carbonyl (C=O) groups excluding carboxylic acids is 2. The van der Waals surface area contributed by atoms with Crippen LogP contribution in [-0.4, -0.2) is 50.9 Å². The second-order valence-corrected chi connectivity index (χ2v) is 14.0. The van der Waals surface area contributed by atoms with Crippen molar-refractivity contribution >= 4 is 43.5 Å². The van der Waals surface area contributed by atoms with Crippen LogP contribution < -0.4 is 14.4 Å². The Labute approximate surface area is 284 Å². The molecule has 0 aromatic heterocycles. The second-order valence-electron chi connectivity index (χ2n) is 11.3. The molecule has 248 valence electrons. The maximum Gasteiger partial charge on any atom is 0.264 e. The van der Waals surface area contributed by atoms with Gasteiger partial charge in [0.1, 0.15) is 24.2 Å². The fourth-order valence-corrected chi connectivity index (χ4v) is 7.11. The van der Waals surface area contributed by atoms with E-state index in [1.165, 1.54) is 36.3 Å². The molecule has 0 saturated carbocycles. The minimum Gasteiger partial charge on any atom is -0.496 e. The van der Waals surface area contributed by atoms with Crippen molar-refractivity contribution in [2.24, 2.45) is 0 Å². The third-order valence-electron chi connectivity index (χ3n) is 7.88. The van der Waals surface area contributed by atoms with Gasteiger partial charge in [-0.15, -0.1) is 0 Å². The van der Waals surface area contributed by atoms with Crippen molar-refractivity contribution in [3.63, 3.8) is 0 Å². The van der Waals surface area contributed by atoms with Crippen LogP contribution in [0.15, 0.2) is 106 Å². The molecular formula is C36H39BrFN3O5S. The highest BCUT2D eigenvalue weighted by molar-refractivity contribution is 9.10. The van der Waals surface area contributed by atoms with Gasteiger partial charge in [-0.25, -0.2) is 12.8 Å². The fraction of sp³-hybridized carbons (Fsp3) is 0.278. The van der Waals surface area contributed by atoms with Crippen molar-refractivity contribution in [3.05, 3.63) is 124 Å². The molecule has 47 heavy (non-hydrogen) atoms. The number of methoxy groups -OCH3 is 1. The van der Waals surface area contributed by atoms with Crippen LogP contribution in [0, 0.1) is 12.7 Å². The minimum atomic E-state index is -4.33. The summed E-state index contributed by atoms with van der Waals surface area (Å²) in [5, 5.41) is 2.97. The van der Waals surface area contributed by atoms with Gasteiger partial charge in [0.25, 0.3) is 10.0 Å². The van der Waals surface area contributed by atoms with Crippen LogP contribution in [-0.2, 0) is 32.6 Å². The lowest BCUT2D eigenvalue weighted by atomic mass is 10.0. The van der Waals surface area contributed by atoms with Crippen LogP contribution in [0.4, 0.5) is 10.1 Å². The predicted octanol–water partition coefficient (Wildman–Crippen LogP) is 6.66. The summed E-state index contributed by atoms with van der Waals surface area (Å²) < 4.78 is 50.4. The Morgan fingerprint density at radius 1 is 0.957 bits per heavy atom. The number of halogens is 2. The normalized spacial score (nSPS) is 12.6. The first-order chi connectivity index (χ1) is 22.4. The highest BCUT2D eigenvalue weighted by Gasteiger charge is 2.35. The largest absolute Gasteiger partial charge is 0.496 e. The summed E-state index contributed by atoms with van der Waals surface area (Å²) >= 11 is 3.36. The van der Waals surface area contributed by atoms with Gasteiger partial charge in [-0.3, -0.25) is 13.9 Å². The standard InChI is InChI=1S/C36H39BrFN3O5S/c1-5-26(3)39-36(43)33(21-27-11-7-6-8-12-27)40(23-28-13-9-10-14-32(28)38)35(42)24-41(29-17-15-25(2)16-18-29)47(44,45)30-19-20-34(46-4)31(37)22-30/h6-20,22,26,33H,5,21,23-24H2,1-4H3,(H,39,43)/t26-,33-/m1/s1. The molecule has 0 heterocycles. The maximum atomic E-state index is 15.1. The molecule has 1 N–H and O–H groups in total. The number of carbonyl (C=O) groups is 2. The van der Waals surface area contributed by atoms with Gasteiger partial charge in [0.15, 0.2) is 0 Å². The van der Waals surface area contributed by atoms with Gasteiger partial charge in [0.2, 0.25) is 11.8 Å². The van der Waals surface area contributed by atoms with E-state index in [0.29, 0.717) is 16.6 Å². The number of anilines is 1. The third-order valence-corrected chi connectivity index (χ3v) is 10.3. The van der Waals surface area contributed by atoms with Gasteiger partial charge in [0.05, 0.1) is 22.2 Å². The van der Waals surface area contributed by atoms with Crippen LogP contribution in [0.3, 0.4) is 0 Å². The van der Waals surface area contributed by atoms with Crippen LogP contribution in [0.25, 0.3) is 0 Å². The average molecular weight is 725 g/mol. The summed E-state index contributed by atoms with van der Waals surface area (Å²) in [6.07, 6.45) is 0.786. The molecule has 0 spiro atoms. The Hall–Kier alpha value is -4.22. The fourth-order valence-electron chi connectivity index (χ4n) is 4.98. The third kappa shape index (κ3) is 8.99. The number of hydrogen-bond acceptors (Lipinski definition) is 5. The summed E-state index contributed by atoms with van der Waals surface area (Å²) in [6.45, 7) is 4.76. The van der Waals surface area contributed by atoms with Crippen LogP contribution in [0.5, 0.6) is 5.75 Å². The highest BCUT2D eigenvalue weighted by atomic mass is 79.9. The molecule has 8 nitrogen and oxygen atoms in total. The van der Waals surface area contributed by atoms with Crippen molar-refractivity contribution in [1.82, 2.24) is 10.2 Å². The number of amides is 2. The molecule has 0 aliphatic heterocycles. The first-order valence-electron chi connectivity index (χ1n) is 15.2. The van der Waals surface area contributed by atoms with Gasteiger partial charge >= 0.3 is 0 Å². The number of sulfonamides is 1. The lowest BCUT2D eigenvalue weighted by molar-refractivity contribution is -0.140. The Morgan fingerprint density at radius 2 is 1.62 bits per heavy atom. The number of nitrogens with zero attached hydrogens (tertiary/aromatic N) is 2. The molecule has 11 heteroatoms. The lowest BCUT2D eigenvalue weighted by Gasteiger charge is -2.34. The molecular weight excluding hydrogens is 685 g/mol. The van der Waals surface area contributed by atoms with Crippen LogP contribution in [0.2, 0.25) is 0 Å². The molecule has 0 saturated heterocycles. The van der Waals surface area contributed by atoms with E-state index in [1.54, 1.807) is 42.5 Å². The molecule has 0 aliphatic carbocycles. The molecule has 2 amide bonds. The average Bonchev–Trinajstić information content (AvgIpc) is 3.06. The molecule has 0 fully saturated rings. The molecule has 0 aliphatic rings. The number of hydrogen-bond donors (Lipinski definition) is 1. The van der Waals surface area contributed by atoms with Crippen molar-refractivity contribution in [2.75, 3.05) is 18.0 Å². The minimum absolute atomic E-state index is 0.0745. The molecule has 4 rings (SSSR count). The predicted molar refractivity (Wildman–Crippen MR) is 185 cm³/mol. The topological polar surface area (TPSA) is 96.0 Å². The van der Waals surface area contributed by atoms with Gasteiger partial charge in [0, 0.05) is 24.6 Å². The highest BCUT2D eigenvalue weighted by Crippen LogP contribution is 2.31. The van der Waals surface area contributed by atoms with Gasteiger partial charge < -0.3 is 15.0 Å². The molecule has 0 bridgehead atoms. The molecule has 4 aromatic rings. The van der Waals surface area contributed by atoms with E-state index < -0.39 is 40.2 Å². The second kappa shape index (κ2) is 16.1. The zero-order chi connectivity index (χ0) is 34.1. The maximum absolute atomic E-state index is 15.1. The van der Waals surface area contributed by atoms with Crippen molar-refractivity contribution in [1.29, 1.82) is 0 Å². The summed E-state index contributed by atoms with van der Waals surface area (Å²) in [5.41, 5.74) is 2.13.